The van der Waals surface area contributed by atoms with E-state index < -0.39 is 21.7 Å². The third-order valence-corrected chi connectivity index (χ3v) is 5.91. The fourth-order valence-corrected chi connectivity index (χ4v) is 3.97. The smallest absolute Gasteiger partial charge is 0.261 e. The van der Waals surface area contributed by atoms with Crippen LogP contribution in [0.25, 0.3) is 0 Å². The Morgan fingerprint density at radius 1 is 0.931 bits per heavy atom. The largest absolute Gasteiger partial charge is 0.348 e. The first kappa shape index (κ1) is 20.5. The zero-order chi connectivity index (χ0) is 21.0. The van der Waals surface area contributed by atoms with Crippen LogP contribution in [-0.4, -0.2) is 14.3 Å². The van der Waals surface area contributed by atoms with E-state index in [0.29, 0.717) is 16.8 Å². The van der Waals surface area contributed by atoms with Crippen LogP contribution >= 0.6 is 0 Å². The number of para-hydroxylation sites is 1. The predicted molar refractivity (Wildman–Crippen MR) is 111 cm³/mol. The molecule has 0 unspecified atom stereocenters. The molecule has 0 fully saturated rings. The molecule has 0 aliphatic heterocycles. The molecule has 150 valence electrons. The second kappa shape index (κ2) is 8.45. The Kier molecular flexibility index (Phi) is 5.98. The van der Waals surface area contributed by atoms with Crippen molar-refractivity contribution >= 4 is 21.6 Å². The number of hydrogen-bond donors (Lipinski definition) is 2. The lowest BCUT2D eigenvalue weighted by Gasteiger charge is -2.13. The molecule has 3 aromatic rings. The van der Waals surface area contributed by atoms with Gasteiger partial charge in [0.25, 0.3) is 15.9 Å². The summed E-state index contributed by atoms with van der Waals surface area (Å²) in [5.41, 5.74) is 2.44. The molecule has 7 heteroatoms. The van der Waals surface area contributed by atoms with Crippen molar-refractivity contribution < 1.29 is 17.6 Å². The van der Waals surface area contributed by atoms with E-state index in [4.69, 9.17) is 0 Å². The van der Waals surface area contributed by atoms with Gasteiger partial charge < -0.3 is 5.32 Å². The summed E-state index contributed by atoms with van der Waals surface area (Å²) in [4.78, 5) is 12.6. The molecule has 0 aliphatic rings. The van der Waals surface area contributed by atoms with Crippen LogP contribution in [0.15, 0.2) is 71.6 Å². The van der Waals surface area contributed by atoms with E-state index in [0.717, 1.165) is 5.56 Å². The first-order valence-corrected chi connectivity index (χ1v) is 10.5. The van der Waals surface area contributed by atoms with Crippen molar-refractivity contribution in [3.8, 4) is 0 Å². The zero-order valence-corrected chi connectivity index (χ0v) is 16.9. The van der Waals surface area contributed by atoms with E-state index in [2.05, 4.69) is 10.0 Å². The Morgan fingerprint density at radius 2 is 1.62 bits per heavy atom. The highest BCUT2D eigenvalue weighted by Gasteiger charge is 2.19. The molecule has 0 saturated heterocycles. The summed E-state index contributed by atoms with van der Waals surface area (Å²) in [6.45, 7) is 3.52. The number of carbonyl (C=O) groups excluding carboxylic acids is 1. The molecule has 0 aromatic heterocycles. The molecular formula is C22H21FN2O3S. The lowest BCUT2D eigenvalue weighted by molar-refractivity contribution is 0.0949. The van der Waals surface area contributed by atoms with Crippen LogP contribution in [0, 0.1) is 19.7 Å². The van der Waals surface area contributed by atoms with Gasteiger partial charge >= 0.3 is 0 Å². The minimum atomic E-state index is -3.87. The van der Waals surface area contributed by atoms with Gasteiger partial charge in [0.15, 0.2) is 0 Å². The molecule has 3 rings (SSSR count). The van der Waals surface area contributed by atoms with Crippen molar-refractivity contribution in [1.29, 1.82) is 0 Å². The van der Waals surface area contributed by atoms with Gasteiger partial charge in [-0.1, -0.05) is 42.5 Å². The molecule has 0 spiro atoms. The SMILES string of the molecule is Cc1ccccc1NS(=O)(=O)c1ccc(C)c(C(=O)NCc2ccccc2F)c1. The number of halogens is 1. The average molecular weight is 412 g/mol. The maximum Gasteiger partial charge on any atom is 0.261 e. The molecule has 29 heavy (non-hydrogen) atoms. The van der Waals surface area contributed by atoms with Gasteiger partial charge in [-0.05, 0) is 49.2 Å². The van der Waals surface area contributed by atoms with Crippen LogP contribution in [0.3, 0.4) is 0 Å². The lowest BCUT2D eigenvalue weighted by atomic mass is 10.1. The van der Waals surface area contributed by atoms with Gasteiger partial charge in [0.05, 0.1) is 10.6 Å². The van der Waals surface area contributed by atoms with E-state index in [9.17, 15) is 17.6 Å². The van der Waals surface area contributed by atoms with E-state index in [1.807, 2.05) is 6.07 Å². The summed E-state index contributed by atoms with van der Waals surface area (Å²) in [6.07, 6.45) is 0. The highest BCUT2D eigenvalue weighted by atomic mass is 32.2. The minimum absolute atomic E-state index is 0.00336. The first-order chi connectivity index (χ1) is 13.8. The number of amides is 1. The first-order valence-electron chi connectivity index (χ1n) is 8.98. The molecule has 0 bridgehead atoms. The number of sulfonamides is 1. The maximum absolute atomic E-state index is 13.7. The van der Waals surface area contributed by atoms with E-state index >= 15 is 0 Å². The molecule has 1 amide bonds. The highest BCUT2D eigenvalue weighted by molar-refractivity contribution is 7.92. The van der Waals surface area contributed by atoms with Crippen LogP contribution in [0.2, 0.25) is 0 Å². The number of carbonyl (C=O) groups is 1. The third-order valence-electron chi connectivity index (χ3n) is 4.55. The summed E-state index contributed by atoms with van der Waals surface area (Å²) >= 11 is 0. The standard InChI is InChI=1S/C22H21FN2O3S/c1-15-11-12-18(29(27,28)25-21-10-6-3-7-16(21)2)13-19(15)22(26)24-14-17-8-4-5-9-20(17)23/h3-13,25H,14H2,1-2H3,(H,24,26). The van der Waals surface area contributed by atoms with Gasteiger partial charge in [-0.3, -0.25) is 9.52 Å². The Bertz CT molecular complexity index is 1160. The van der Waals surface area contributed by atoms with E-state index in [-0.39, 0.29) is 17.0 Å². The lowest BCUT2D eigenvalue weighted by Crippen LogP contribution is -2.24. The second-order valence-corrected chi connectivity index (χ2v) is 8.35. The summed E-state index contributed by atoms with van der Waals surface area (Å²) in [6, 6.07) is 17.5. The maximum atomic E-state index is 13.7. The molecular weight excluding hydrogens is 391 g/mol. The number of nitrogens with one attached hydrogen (secondary N) is 2. The molecule has 0 saturated carbocycles. The quantitative estimate of drug-likeness (QED) is 0.638. The van der Waals surface area contributed by atoms with E-state index in [1.54, 1.807) is 56.3 Å². The number of hydrogen-bond acceptors (Lipinski definition) is 3. The van der Waals surface area contributed by atoms with Crippen molar-refractivity contribution in [2.24, 2.45) is 0 Å². The van der Waals surface area contributed by atoms with Crippen molar-refractivity contribution in [3.63, 3.8) is 0 Å². The highest BCUT2D eigenvalue weighted by Crippen LogP contribution is 2.21. The van der Waals surface area contributed by atoms with E-state index in [1.165, 1.54) is 18.2 Å². The van der Waals surface area contributed by atoms with Gasteiger partial charge in [-0.2, -0.15) is 0 Å². The summed E-state index contributed by atoms with van der Waals surface area (Å²) < 4.78 is 41.8. The zero-order valence-electron chi connectivity index (χ0n) is 16.1. The van der Waals surface area contributed by atoms with Crippen LogP contribution in [0.1, 0.15) is 27.0 Å². The normalized spacial score (nSPS) is 11.1. The number of rotatable bonds is 6. The molecule has 0 atom stereocenters. The number of anilines is 1. The van der Waals surface area contributed by atoms with Crippen LogP contribution in [-0.2, 0) is 16.6 Å². The molecule has 0 radical (unpaired) electrons. The molecule has 0 heterocycles. The fraction of sp³-hybridized carbons (Fsp3) is 0.136. The summed E-state index contributed by atoms with van der Waals surface area (Å²) in [5.74, 6) is -0.887. The predicted octanol–water partition coefficient (Wildman–Crippen LogP) is 4.17. The van der Waals surface area contributed by atoms with Gasteiger partial charge in [0.1, 0.15) is 5.82 Å². The summed E-state index contributed by atoms with van der Waals surface area (Å²) in [5, 5.41) is 2.64. The van der Waals surface area contributed by atoms with Crippen LogP contribution < -0.4 is 10.0 Å². The van der Waals surface area contributed by atoms with Gasteiger partial charge in [-0.15, -0.1) is 0 Å². The van der Waals surface area contributed by atoms with Crippen LogP contribution in [0.4, 0.5) is 10.1 Å². The van der Waals surface area contributed by atoms with Crippen molar-refractivity contribution in [1.82, 2.24) is 5.32 Å². The van der Waals surface area contributed by atoms with Crippen molar-refractivity contribution in [3.05, 3.63) is 94.8 Å². The fourth-order valence-electron chi connectivity index (χ4n) is 2.82. The molecule has 5 nitrogen and oxygen atoms in total. The molecule has 3 aromatic carbocycles. The van der Waals surface area contributed by atoms with Gasteiger partial charge in [0.2, 0.25) is 0 Å². The molecule has 0 aliphatic carbocycles. The monoisotopic (exact) mass is 412 g/mol. The van der Waals surface area contributed by atoms with Gasteiger partial charge in [-0.25, -0.2) is 12.8 Å². The number of aryl methyl sites for hydroxylation is 2. The van der Waals surface area contributed by atoms with Crippen molar-refractivity contribution in [2.75, 3.05) is 4.72 Å². The second-order valence-electron chi connectivity index (χ2n) is 6.67. The Hall–Kier alpha value is -3.19. The summed E-state index contributed by atoms with van der Waals surface area (Å²) in [7, 11) is -3.87. The topological polar surface area (TPSA) is 75.3 Å². The minimum Gasteiger partial charge on any atom is -0.348 e. The van der Waals surface area contributed by atoms with Crippen LogP contribution in [0.5, 0.6) is 0 Å². The van der Waals surface area contributed by atoms with Crippen molar-refractivity contribution in [2.45, 2.75) is 25.3 Å². The average Bonchev–Trinajstić information content (AvgIpc) is 2.69. The third kappa shape index (κ3) is 4.81. The van der Waals surface area contributed by atoms with Gasteiger partial charge in [0, 0.05) is 17.7 Å². The Morgan fingerprint density at radius 3 is 2.34 bits per heavy atom. The molecule has 2 N–H and O–H groups in total. The number of benzene rings is 3. The Balaban J connectivity index is 1.82. The Labute approximate surface area is 169 Å².